The van der Waals surface area contributed by atoms with Crippen LogP contribution in [0.3, 0.4) is 0 Å². The first-order chi connectivity index (χ1) is 8.01. The molecule has 0 saturated carbocycles. The van der Waals surface area contributed by atoms with Gasteiger partial charge in [-0.2, -0.15) is 0 Å². The van der Waals surface area contributed by atoms with Crippen molar-refractivity contribution in [3.63, 3.8) is 0 Å². The van der Waals surface area contributed by atoms with E-state index in [0.29, 0.717) is 0 Å². The fraction of sp³-hybridized carbons (Fsp3) is 0.562. The second-order valence-corrected chi connectivity index (χ2v) is 6.94. The molecule has 1 aromatic rings. The first-order valence-corrected chi connectivity index (χ1v) is 6.44. The largest absolute Gasteiger partial charge is 0.326 e. The topological polar surface area (TPSA) is 29.1 Å². The van der Waals surface area contributed by atoms with E-state index in [1.807, 2.05) is 0 Å². The molecule has 18 heavy (non-hydrogen) atoms. The molecule has 1 aromatic carbocycles. The van der Waals surface area contributed by atoms with Crippen LogP contribution in [-0.2, 0) is 15.6 Å². The van der Waals surface area contributed by atoms with Crippen molar-refractivity contribution in [3.8, 4) is 0 Å². The third-order valence-electron chi connectivity index (χ3n) is 3.00. The highest BCUT2D eigenvalue weighted by Crippen LogP contribution is 2.33. The van der Waals surface area contributed by atoms with Gasteiger partial charge in [0.2, 0.25) is 5.91 Å². The monoisotopic (exact) mass is 247 g/mol. The van der Waals surface area contributed by atoms with Gasteiger partial charge < -0.3 is 5.32 Å². The van der Waals surface area contributed by atoms with E-state index in [0.717, 1.165) is 5.69 Å². The lowest BCUT2D eigenvalue weighted by Crippen LogP contribution is -2.19. The molecule has 0 heterocycles. The number of nitrogens with one attached hydrogen (secondary N) is 1. The van der Waals surface area contributed by atoms with Gasteiger partial charge in [-0.25, -0.2) is 0 Å². The Kier molecular flexibility index (Phi) is 3.89. The summed E-state index contributed by atoms with van der Waals surface area (Å²) in [6.45, 7) is 14.6. The maximum Gasteiger partial charge on any atom is 0.221 e. The second kappa shape index (κ2) is 4.75. The molecular weight excluding hydrogens is 222 g/mol. The molecule has 0 bridgehead atoms. The van der Waals surface area contributed by atoms with Crippen LogP contribution in [0.25, 0.3) is 0 Å². The van der Waals surface area contributed by atoms with E-state index < -0.39 is 0 Å². The molecular formula is C16H25NO. The van der Waals surface area contributed by atoms with Gasteiger partial charge >= 0.3 is 0 Å². The van der Waals surface area contributed by atoms with E-state index >= 15 is 0 Å². The van der Waals surface area contributed by atoms with Gasteiger partial charge in [0, 0.05) is 12.6 Å². The van der Waals surface area contributed by atoms with E-state index in [4.69, 9.17) is 0 Å². The lowest BCUT2D eigenvalue weighted by molar-refractivity contribution is -0.114. The van der Waals surface area contributed by atoms with Crippen molar-refractivity contribution in [1.82, 2.24) is 0 Å². The fourth-order valence-corrected chi connectivity index (χ4v) is 1.96. The van der Waals surface area contributed by atoms with E-state index in [9.17, 15) is 4.79 Å². The lowest BCUT2D eigenvalue weighted by atomic mass is 9.81. The first kappa shape index (κ1) is 14.7. The van der Waals surface area contributed by atoms with Crippen molar-refractivity contribution in [2.24, 2.45) is 0 Å². The van der Waals surface area contributed by atoms with E-state index in [-0.39, 0.29) is 16.7 Å². The minimum Gasteiger partial charge on any atom is -0.326 e. The van der Waals surface area contributed by atoms with Crippen LogP contribution in [0.1, 0.15) is 59.6 Å². The highest BCUT2D eigenvalue weighted by Gasteiger charge is 2.21. The molecule has 1 amide bonds. The van der Waals surface area contributed by atoms with Crippen LogP contribution in [0.4, 0.5) is 5.69 Å². The molecule has 1 N–H and O–H groups in total. The van der Waals surface area contributed by atoms with Gasteiger partial charge in [0.05, 0.1) is 0 Å². The van der Waals surface area contributed by atoms with Crippen molar-refractivity contribution in [3.05, 3.63) is 29.3 Å². The van der Waals surface area contributed by atoms with Crippen molar-refractivity contribution in [1.29, 1.82) is 0 Å². The zero-order valence-electron chi connectivity index (χ0n) is 12.6. The maximum atomic E-state index is 11.3. The van der Waals surface area contributed by atoms with Gasteiger partial charge in [0.1, 0.15) is 0 Å². The average molecular weight is 247 g/mol. The van der Waals surface area contributed by atoms with Gasteiger partial charge in [-0.05, 0) is 28.0 Å². The van der Waals surface area contributed by atoms with Crippen LogP contribution in [0.2, 0.25) is 0 Å². The summed E-state index contributed by atoms with van der Waals surface area (Å²) in [5, 5.41) is 2.95. The predicted molar refractivity (Wildman–Crippen MR) is 78.1 cm³/mol. The van der Waals surface area contributed by atoms with Crippen LogP contribution >= 0.6 is 0 Å². The Balaban J connectivity index is 3.34. The van der Waals surface area contributed by atoms with E-state index in [2.05, 4.69) is 65.1 Å². The zero-order chi connectivity index (χ0) is 14.1. The molecule has 0 aromatic heterocycles. The lowest BCUT2D eigenvalue weighted by Gasteiger charge is -2.26. The van der Waals surface area contributed by atoms with E-state index in [1.54, 1.807) is 6.92 Å². The second-order valence-electron chi connectivity index (χ2n) is 6.94. The minimum atomic E-state index is -0.0217. The van der Waals surface area contributed by atoms with Gasteiger partial charge in [-0.1, -0.05) is 53.7 Å². The molecule has 0 aliphatic rings. The standard InChI is InChI=1S/C16H25NO/c1-11(18)17-14-10-12(15(2,3)4)8-9-13(14)16(5,6)7/h8-10H,1-7H3,(H,17,18). The Morgan fingerprint density at radius 2 is 1.56 bits per heavy atom. The number of carbonyl (C=O) groups is 1. The Morgan fingerprint density at radius 1 is 1.00 bits per heavy atom. The molecule has 0 saturated heterocycles. The summed E-state index contributed by atoms with van der Waals surface area (Å²) in [5.74, 6) is -0.0217. The molecule has 0 unspecified atom stereocenters. The molecule has 1 rings (SSSR count). The van der Waals surface area contributed by atoms with Crippen LogP contribution < -0.4 is 5.32 Å². The summed E-state index contributed by atoms with van der Waals surface area (Å²) >= 11 is 0. The number of anilines is 1. The molecule has 2 heteroatoms. The van der Waals surface area contributed by atoms with Gasteiger partial charge in [0.15, 0.2) is 0 Å². The van der Waals surface area contributed by atoms with Crippen molar-refractivity contribution in [2.45, 2.75) is 59.3 Å². The van der Waals surface area contributed by atoms with Crippen LogP contribution in [-0.4, -0.2) is 5.91 Å². The Morgan fingerprint density at radius 3 is 1.94 bits per heavy atom. The molecule has 0 aliphatic heterocycles. The number of benzene rings is 1. The minimum absolute atomic E-state index is 0.0217. The van der Waals surface area contributed by atoms with Gasteiger partial charge in [-0.3, -0.25) is 4.79 Å². The smallest absolute Gasteiger partial charge is 0.221 e. The highest BCUT2D eigenvalue weighted by molar-refractivity contribution is 5.90. The predicted octanol–water partition coefficient (Wildman–Crippen LogP) is 4.24. The zero-order valence-corrected chi connectivity index (χ0v) is 12.6. The third kappa shape index (κ3) is 3.59. The number of carbonyl (C=O) groups excluding carboxylic acids is 1. The molecule has 0 aliphatic carbocycles. The average Bonchev–Trinajstić information content (AvgIpc) is 2.13. The molecule has 0 radical (unpaired) electrons. The molecule has 2 nitrogen and oxygen atoms in total. The molecule has 0 atom stereocenters. The number of hydrogen-bond acceptors (Lipinski definition) is 1. The van der Waals surface area contributed by atoms with Crippen LogP contribution in [0.5, 0.6) is 0 Å². The Bertz CT molecular complexity index is 447. The number of hydrogen-bond donors (Lipinski definition) is 1. The summed E-state index contributed by atoms with van der Waals surface area (Å²) in [6.07, 6.45) is 0. The quantitative estimate of drug-likeness (QED) is 0.790. The summed E-state index contributed by atoms with van der Waals surface area (Å²) in [7, 11) is 0. The summed E-state index contributed by atoms with van der Waals surface area (Å²) in [4.78, 5) is 11.3. The Hall–Kier alpha value is -1.31. The third-order valence-corrected chi connectivity index (χ3v) is 3.00. The Labute approximate surface area is 111 Å². The maximum absolute atomic E-state index is 11.3. The molecule has 100 valence electrons. The molecule has 0 fully saturated rings. The van der Waals surface area contributed by atoms with Crippen molar-refractivity contribution in [2.75, 3.05) is 5.32 Å². The van der Waals surface area contributed by atoms with Crippen molar-refractivity contribution >= 4 is 11.6 Å². The summed E-state index contributed by atoms with van der Waals surface area (Å²) < 4.78 is 0. The summed E-state index contributed by atoms with van der Waals surface area (Å²) in [5.41, 5.74) is 3.45. The van der Waals surface area contributed by atoms with Crippen molar-refractivity contribution < 1.29 is 4.79 Å². The normalized spacial score (nSPS) is 12.4. The number of rotatable bonds is 1. The van der Waals surface area contributed by atoms with E-state index in [1.165, 1.54) is 11.1 Å². The van der Waals surface area contributed by atoms with Gasteiger partial charge in [-0.15, -0.1) is 0 Å². The van der Waals surface area contributed by atoms with Crippen LogP contribution in [0, 0.1) is 0 Å². The fourth-order valence-electron chi connectivity index (χ4n) is 1.96. The van der Waals surface area contributed by atoms with Gasteiger partial charge in [0.25, 0.3) is 0 Å². The number of amides is 1. The first-order valence-electron chi connectivity index (χ1n) is 6.44. The highest BCUT2D eigenvalue weighted by atomic mass is 16.1. The summed E-state index contributed by atoms with van der Waals surface area (Å²) in [6, 6.07) is 6.39. The SMILES string of the molecule is CC(=O)Nc1cc(C(C)(C)C)ccc1C(C)(C)C. The molecule has 0 spiro atoms. The van der Waals surface area contributed by atoms with Crippen LogP contribution in [0.15, 0.2) is 18.2 Å².